The number of nitrogens with one attached hydrogen (secondary N) is 1. The third-order valence-corrected chi connectivity index (χ3v) is 2.75. The van der Waals surface area contributed by atoms with Gasteiger partial charge in [-0.05, 0) is 44.1 Å². The van der Waals surface area contributed by atoms with Gasteiger partial charge in [-0.3, -0.25) is 4.79 Å². The fourth-order valence-corrected chi connectivity index (χ4v) is 1.69. The van der Waals surface area contributed by atoms with Gasteiger partial charge in [-0.15, -0.1) is 0 Å². The van der Waals surface area contributed by atoms with Gasteiger partial charge >= 0.3 is 0 Å². The summed E-state index contributed by atoms with van der Waals surface area (Å²) >= 11 is 0. The Labute approximate surface area is 85.1 Å². The Morgan fingerprint density at radius 3 is 2.79 bits per heavy atom. The molecule has 0 bridgehead atoms. The highest BCUT2D eigenvalue weighted by Crippen LogP contribution is 2.20. The fourth-order valence-electron chi connectivity index (χ4n) is 1.69. The summed E-state index contributed by atoms with van der Waals surface area (Å²) in [5.41, 5.74) is 0. The molecule has 2 nitrogen and oxygen atoms in total. The first-order valence-corrected chi connectivity index (χ1v) is 5.48. The van der Waals surface area contributed by atoms with Gasteiger partial charge in [0.2, 0.25) is 5.91 Å². The monoisotopic (exact) mass is 191 g/mol. The van der Waals surface area contributed by atoms with Crippen LogP contribution in [0.4, 0.5) is 0 Å². The maximum atomic E-state index is 11.3. The van der Waals surface area contributed by atoms with Gasteiger partial charge in [0, 0.05) is 6.04 Å². The molecule has 0 heterocycles. The molecule has 2 rings (SSSR count). The van der Waals surface area contributed by atoms with Crippen molar-refractivity contribution < 1.29 is 4.79 Å². The van der Waals surface area contributed by atoms with Crippen molar-refractivity contribution in [3.05, 3.63) is 24.3 Å². The van der Waals surface area contributed by atoms with E-state index in [9.17, 15) is 4.79 Å². The van der Waals surface area contributed by atoms with Crippen LogP contribution in [0.2, 0.25) is 0 Å². The number of rotatable bonds is 3. The quantitative estimate of drug-likeness (QED) is 0.537. The van der Waals surface area contributed by atoms with Gasteiger partial charge < -0.3 is 5.32 Å². The molecule has 76 valence electrons. The second-order valence-electron chi connectivity index (χ2n) is 4.19. The average molecular weight is 191 g/mol. The average Bonchev–Trinajstić information content (AvgIpc) is 3.00. The van der Waals surface area contributed by atoms with Crippen LogP contribution in [0.15, 0.2) is 24.3 Å². The second kappa shape index (κ2) is 4.45. The van der Waals surface area contributed by atoms with Crippen molar-refractivity contribution in [3.63, 3.8) is 0 Å². The van der Waals surface area contributed by atoms with Crippen LogP contribution < -0.4 is 5.32 Å². The number of amides is 1. The molecule has 14 heavy (non-hydrogen) atoms. The van der Waals surface area contributed by atoms with Crippen LogP contribution >= 0.6 is 0 Å². The topological polar surface area (TPSA) is 29.1 Å². The van der Waals surface area contributed by atoms with E-state index < -0.39 is 0 Å². The van der Waals surface area contributed by atoms with Gasteiger partial charge in [-0.25, -0.2) is 0 Å². The second-order valence-corrected chi connectivity index (χ2v) is 4.19. The Balaban J connectivity index is 1.73. The highest BCUT2D eigenvalue weighted by atomic mass is 16.1. The van der Waals surface area contributed by atoms with E-state index in [1.54, 1.807) is 6.08 Å². The van der Waals surface area contributed by atoms with Gasteiger partial charge in [-0.2, -0.15) is 0 Å². The van der Waals surface area contributed by atoms with Crippen molar-refractivity contribution in [2.75, 3.05) is 0 Å². The lowest BCUT2D eigenvalue weighted by molar-refractivity contribution is -0.116. The molecule has 0 aromatic carbocycles. The van der Waals surface area contributed by atoms with Gasteiger partial charge in [0.1, 0.15) is 0 Å². The van der Waals surface area contributed by atoms with E-state index in [-0.39, 0.29) is 5.91 Å². The minimum atomic E-state index is 0.0852. The Kier molecular flexibility index (Phi) is 3.02. The molecule has 0 radical (unpaired) electrons. The van der Waals surface area contributed by atoms with Crippen molar-refractivity contribution in [2.24, 2.45) is 5.92 Å². The Morgan fingerprint density at radius 2 is 2.14 bits per heavy atom. The molecule has 0 aromatic heterocycles. The zero-order chi connectivity index (χ0) is 9.80. The van der Waals surface area contributed by atoms with E-state index in [2.05, 4.69) is 23.5 Å². The maximum Gasteiger partial charge on any atom is 0.243 e. The van der Waals surface area contributed by atoms with E-state index >= 15 is 0 Å². The standard InChI is InChI=1S/C12H17NO/c14-12(13-11-7-8-11)9-6-10-4-2-1-3-5-10/h1-2,6,9-11H,3-5,7-8H2,(H,13,14)/b9-6+. The van der Waals surface area contributed by atoms with E-state index in [1.807, 2.05) is 0 Å². The molecule has 2 heteroatoms. The van der Waals surface area contributed by atoms with E-state index in [4.69, 9.17) is 0 Å². The third kappa shape index (κ3) is 3.02. The predicted molar refractivity (Wildman–Crippen MR) is 56.8 cm³/mol. The van der Waals surface area contributed by atoms with Crippen molar-refractivity contribution in [1.29, 1.82) is 0 Å². The molecular formula is C12H17NO. The SMILES string of the molecule is O=C(/C=C/C1CC=CCC1)NC1CC1. The number of hydrogen-bond acceptors (Lipinski definition) is 1. The Hall–Kier alpha value is -1.05. The summed E-state index contributed by atoms with van der Waals surface area (Å²) in [4.78, 5) is 11.3. The third-order valence-electron chi connectivity index (χ3n) is 2.75. The highest BCUT2D eigenvalue weighted by Gasteiger charge is 2.22. The van der Waals surface area contributed by atoms with Crippen LogP contribution in [0.1, 0.15) is 32.1 Å². The molecule has 0 aromatic rings. The van der Waals surface area contributed by atoms with Crippen molar-refractivity contribution >= 4 is 5.91 Å². The zero-order valence-corrected chi connectivity index (χ0v) is 8.41. The largest absolute Gasteiger partial charge is 0.350 e. The summed E-state index contributed by atoms with van der Waals surface area (Å²) in [5.74, 6) is 0.659. The van der Waals surface area contributed by atoms with Gasteiger partial charge in [0.25, 0.3) is 0 Å². The summed E-state index contributed by atoms with van der Waals surface area (Å²) in [6.07, 6.45) is 13.9. The lowest BCUT2D eigenvalue weighted by Gasteiger charge is -2.12. The molecular weight excluding hydrogens is 174 g/mol. The van der Waals surface area contributed by atoms with Gasteiger partial charge in [0.15, 0.2) is 0 Å². The van der Waals surface area contributed by atoms with Crippen LogP contribution in [0.3, 0.4) is 0 Å². The number of hydrogen-bond donors (Lipinski definition) is 1. The molecule has 0 spiro atoms. The van der Waals surface area contributed by atoms with Crippen molar-refractivity contribution in [2.45, 2.75) is 38.1 Å². The summed E-state index contributed by atoms with van der Waals surface area (Å²) < 4.78 is 0. The Morgan fingerprint density at radius 1 is 1.29 bits per heavy atom. The minimum absolute atomic E-state index is 0.0852. The van der Waals surface area contributed by atoms with Crippen LogP contribution in [0.5, 0.6) is 0 Å². The summed E-state index contributed by atoms with van der Waals surface area (Å²) in [6.45, 7) is 0. The molecule has 1 N–H and O–H groups in total. The first-order chi connectivity index (χ1) is 6.84. The van der Waals surface area contributed by atoms with E-state index in [0.717, 1.165) is 25.7 Å². The van der Waals surface area contributed by atoms with Crippen LogP contribution in [0.25, 0.3) is 0 Å². The molecule has 2 aliphatic carbocycles. The normalized spacial score (nSPS) is 26.7. The van der Waals surface area contributed by atoms with E-state index in [1.165, 1.54) is 6.42 Å². The van der Waals surface area contributed by atoms with Crippen LogP contribution in [-0.2, 0) is 4.79 Å². The lowest BCUT2D eigenvalue weighted by Crippen LogP contribution is -2.23. The first kappa shape index (κ1) is 9.50. The van der Waals surface area contributed by atoms with Crippen molar-refractivity contribution in [3.8, 4) is 0 Å². The summed E-state index contributed by atoms with van der Waals surface area (Å²) in [7, 11) is 0. The molecule has 1 saturated carbocycles. The first-order valence-electron chi connectivity index (χ1n) is 5.48. The van der Waals surface area contributed by atoms with E-state index in [0.29, 0.717) is 12.0 Å². The van der Waals surface area contributed by atoms with Gasteiger partial charge in [0.05, 0.1) is 0 Å². The van der Waals surface area contributed by atoms with Crippen molar-refractivity contribution in [1.82, 2.24) is 5.32 Å². The molecule has 2 aliphatic rings. The molecule has 1 unspecified atom stereocenters. The molecule has 0 aliphatic heterocycles. The maximum absolute atomic E-state index is 11.3. The van der Waals surface area contributed by atoms with Gasteiger partial charge in [-0.1, -0.05) is 18.2 Å². The molecule has 1 amide bonds. The summed E-state index contributed by atoms with van der Waals surface area (Å²) in [5, 5.41) is 2.95. The zero-order valence-electron chi connectivity index (χ0n) is 8.41. The lowest BCUT2D eigenvalue weighted by atomic mass is 9.94. The Bertz CT molecular complexity index is 263. The minimum Gasteiger partial charge on any atom is -0.350 e. The fraction of sp³-hybridized carbons (Fsp3) is 0.583. The predicted octanol–water partition coefficient (Wildman–Crippen LogP) is 2.18. The van der Waals surface area contributed by atoms with Crippen LogP contribution in [-0.4, -0.2) is 11.9 Å². The number of carbonyl (C=O) groups is 1. The number of carbonyl (C=O) groups excluding carboxylic acids is 1. The molecule has 1 atom stereocenters. The van der Waals surface area contributed by atoms with Crippen LogP contribution in [0, 0.1) is 5.92 Å². The molecule has 1 fully saturated rings. The molecule has 0 saturated heterocycles. The highest BCUT2D eigenvalue weighted by molar-refractivity contribution is 5.87. The number of allylic oxidation sites excluding steroid dienone is 3. The summed E-state index contributed by atoms with van der Waals surface area (Å²) in [6, 6.07) is 0.471. The smallest absolute Gasteiger partial charge is 0.243 e.